The summed E-state index contributed by atoms with van der Waals surface area (Å²) in [6, 6.07) is 7.93. The van der Waals surface area contributed by atoms with Crippen LogP contribution in [0, 0.1) is 0 Å². The number of phenolic OH excluding ortho intramolecular Hbond substituents is 1. The lowest BCUT2D eigenvalue weighted by Crippen LogP contribution is -2.12. The first-order chi connectivity index (χ1) is 12.1. The highest BCUT2D eigenvalue weighted by Gasteiger charge is 2.14. The van der Waals surface area contributed by atoms with Crippen LogP contribution in [0.25, 0.3) is 0 Å². The lowest BCUT2D eigenvalue weighted by atomic mass is 10.0. The van der Waals surface area contributed by atoms with Crippen molar-refractivity contribution in [2.24, 2.45) is 0 Å². The summed E-state index contributed by atoms with van der Waals surface area (Å²) in [4.78, 5) is 0. The van der Waals surface area contributed by atoms with Crippen LogP contribution in [0.15, 0.2) is 33.2 Å². The summed E-state index contributed by atoms with van der Waals surface area (Å²) in [5, 5.41) is 16.1. The van der Waals surface area contributed by atoms with Crippen LogP contribution in [-0.4, -0.2) is 25.3 Å². The summed E-state index contributed by atoms with van der Waals surface area (Å²) in [6.07, 6.45) is 4.53. The zero-order valence-corrected chi connectivity index (χ0v) is 19.5. The molecule has 3 N–H and O–H groups in total. The maximum absolute atomic E-state index is 9.54. The number of phenols is 1. The van der Waals surface area contributed by atoms with Gasteiger partial charge in [0.1, 0.15) is 11.5 Å². The molecular weight excluding hydrogens is 528 g/mol. The van der Waals surface area contributed by atoms with E-state index in [1.807, 2.05) is 6.07 Å². The average molecular weight is 551 g/mol. The number of halogens is 3. The van der Waals surface area contributed by atoms with Crippen molar-refractivity contribution in [3.63, 3.8) is 0 Å². The summed E-state index contributed by atoms with van der Waals surface area (Å²) in [5.41, 5.74) is 4.62. The molecule has 0 aromatic heterocycles. The van der Waals surface area contributed by atoms with E-state index in [0.29, 0.717) is 5.75 Å². The zero-order valence-electron chi connectivity index (χ0n) is 14.6. The van der Waals surface area contributed by atoms with Crippen LogP contribution in [0.4, 0.5) is 11.4 Å². The van der Waals surface area contributed by atoms with Gasteiger partial charge in [-0.1, -0.05) is 31.9 Å². The highest BCUT2D eigenvalue weighted by molar-refractivity contribution is 9.10. The number of ether oxygens (including phenoxy) is 1. The minimum Gasteiger partial charge on any atom is -0.506 e. The third kappa shape index (κ3) is 5.08. The number of rotatable bonds is 1. The maximum atomic E-state index is 9.54. The molecule has 2 aliphatic rings. The van der Waals surface area contributed by atoms with E-state index in [9.17, 15) is 5.11 Å². The third-order valence-electron chi connectivity index (χ3n) is 4.38. The SMILES string of the molecule is Br.COc1cc(Br)cc2c1NCCC2.Oc1cc(Br)cc2c1NCCC2. The largest absolute Gasteiger partial charge is 0.506 e. The third-order valence-corrected chi connectivity index (χ3v) is 5.30. The van der Waals surface area contributed by atoms with Crippen molar-refractivity contribution in [1.29, 1.82) is 0 Å². The zero-order chi connectivity index (χ0) is 17.8. The van der Waals surface area contributed by atoms with Gasteiger partial charge in [0, 0.05) is 22.0 Å². The second-order valence-electron chi connectivity index (χ2n) is 6.16. The van der Waals surface area contributed by atoms with Crippen LogP contribution < -0.4 is 15.4 Å². The summed E-state index contributed by atoms with van der Waals surface area (Å²) in [7, 11) is 1.71. The number of fused-ring (bicyclic) bond motifs is 2. The van der Waals surface area contributed by atoms with Gasteiger partial charge in [-0.25, -0.2) is 0 Å². The minimum atomic E-state index is 0. The topological polar surface area (TPSA) is 53.5 Å². The predicted molar refractivity (Wildman–Crippen MR) is 120 cm³/mol. The van der Waals surface area contributed by atoms with Crippen molar-refractivity contribution < 1.29 is 9.84 Å². The van der Waals surface area contributed by atoms with E-state index in [4.69, 9.17) is 4.74 Å². The van der Waals surface area contributed by atoms with Gasteiger partial charge in [0.05, 0.1) is 18.5 Å². The van der Waals surface area contributed by atoms with Crippen molar-refractivity contribution in [1.82, 2.24) is 0 Å². The molecule has 0 bridgehead atoms. The van der Waals surface area contributed by atoms with Crippen LogP contribution in [0.2, 0.25) is 0 Å². The highest BCUT2D eigenvalue weighted by Crippen LogP contribution is 2.35. The Balaban J connectivity index is 0.000000180. The van der Waals surface area contributed by atoms with E-state index in [0.717, 1.165) is 58.4 Å². The predicted octanol–water partition coefficient (Wildman–Crippen LogP) is 5.91. The van der Waals surface area contributed by atoms with E-state index in [1.165, 1.54) is 17.5 Å². The Morgan fingerprint density at radius 3 is 2.04 bits per heavy atom. The van der Waals surface area contributed by atoms with Crippen LogP contribution in [0.1, 0.15) is 24.0 Å². The number of hydrogen-bond acceptors (Lipinski definition) is 4. The number of anilines is 2. The smallest absolute Gasteiger partial charge is 0.143 e. The monoisotopic (exact) mass is 548 g/mol. The lowest BCUT2D eigenvalue weighted by molar-refractivity contribution is 0.415. The van der Waals surface area contributed by atoms with Crippen molar-refractivity contribution >= 4 is 60.2 Å². The molecular formula is C19H23Br3N2O2. The number of aromatic hydroxyl groups is 1. The standard InChI is InChI=1S/C10H12BrNO.C9H10BrNO.BrH/c1-13-9-6-8(11)5-7-3-2-4-12-10(7)9;10-7-4-6-2-1-3-11-9(6)8(12)5-7;/h5-6,12H,2-4H2,1H3;4-5,11-12H,1-3H2;1H. The van der Waals surface area contributed by atoms with Gasteiger partial charge in [0.25, 0.3) is 0 Å². The number of aryl methyl sites for hydroxylation is 2. The molecule has 7 heteroatoms. The van der Waals surface area contributed by atoms with Gasteiger partial charge < -0.3 is 20.5 Å². The Bertz CT molecular complexity index is 752. The normalized spacial score (nSPS) is 14.3. The minimum absolute atomic E-state index is 0. The molecule has 0 saturated carbocycles. The molecule has 2 aromatic rings. The fourth-order valence-corrected chi connectivity index (χ4v) is 4.21. The Labute approximate surface area is 181 Å². The first kappa shape index (κ1) is 21.4. The van der Waals surface area contributed by atoms with Crippen molar-refractivity contribution in [2.45, 2.75) is 25.7 Å². The number of methoxy groups -OCH3 is 1. The van der Waals surface area contributed by atoms with E-state index in [-0.39, 0.29) is 17.0 Å². The van der Waals surface area contributed by atoms with Crippen LogP contribution >= 0.6 is 48.8 Å². The van der Waals surface area contributed by atoms with Crippen LogP contribution in [0.5, 0.6) is 11.5 Å². The van der Waals surface area contributed by atoms with Gasteiger partial charge in [-0.05, 0) is 61.1 Å². The van der Waals surface area contributed by atoms with Gasteiger partial charge in [-0.15, -0.1) is 17.0 Å². The highest BCUT2D eigenvalue weighted by atomic mass is 79.9. The molecule has 2 heterocycles. The molecule has 142 valence electrons. The average Bonchev–Trinajstić information content (AvgIpc) is 2.61. The maximum Gasteiger partial charge on any atom is 0.143 e. The summed E-state index contributed by atoms with van der Waals surface area (Å²) in [5.74, 6) is 1.28. The molecule has 0 spiro atoms. The fourth-order valence-electron chi connectivity index (χ4n) is 3.23. The molecule has 2 aliphatic heterocycles. The first-order valence-electron chi connectivity index (χ1n) is 8.44. The van der Waals surface area contributed by atoms with Crippen LogP contribution in [-0.2, 0) is 12.8 Å². The van der Waals surface area contributed by atoms with E-state index >= 15 is 0 Å². The molecule has 0 unspecified atom stereocenters. The Kier molecular flexibility index (Phi) is 8.10. The molecule has 2 aromatic carbocycles. The Hall–Kier alpha value is -0.920. The molecule has 0 aliphatic carbocycles. The molecule has 0 fully saturated rings. The Morgan fingerprint density at radius 1 is 0.885 bits per heavy atom. The van der Waals surface area contributed by atoms with Gasteiger partial charge in [-0.2, -0.15) is 0 Å². The van der Waals surface area contributed by atoms with Crippen molar-refractivity contribution in [2.75, 3.05) is 30.8 Å². The van der Waals surface area contributed by atoms with Gasteiger partial charge in [-0.3, -0.25) is 0 Å². The Morgan fingerprint density at radius 2 is 1.42 bits per heavy atom. The summed E-state index contributed by atoms with van der Waals surface area (Å²) in [6.45, 7) is 2.01. The molecule has 0 radical (unpaired) electrons. The number of benzene rings is 2. The summed E-state index contributed by atoms with van der Waals surface area (Å²) < 4.78 is 7.34. The lowest BCUT2D eigenvalue weighted by Gasteiger charge is -2.20. The van der Waals surface area contributed by atoms with Crippen molar-refractivity contribution in [3.8, 4) is 11.5 Å². The quantitative estimate of drug-likeness (QED) is 0.387. The molecule has 4 nitrogen and oxygen atoms in total. The van der Waals surface area contributed by atoms with E-state index < -0.39 is 0 Å². The molecule has 4 rings (SSSR count). The van der Waals surface area contributed by atoms with E-state index in [2.05, 4.69) is 54.6 Å². The van der Waals surface area contributed by atoms with Gasteiger partial charge >= 0.3 is 0 Å². The van der Waals surface area contributed by atoms with Gasteiger partial charge in [0.2, 0.25) is 0 Å². The second kappa shape index (κ2) is 9.85. The summed E-state index contributed by atoms with van der Waals surface area (Å²) >= 11 is 6.83. The molecule has 0 amide bonds. The van der Waals surface area contributed by atoms with Gasteiger partial charge in [0.15, 0.2) is 0 Å². The second-order valence-corrected chi connectivity index (χ2v) is 7.99. The van der Waals surface area contributed by atoms with Crippen molar-refractivity contribution in [3.05, 3.63) is 44.3 Å². The number of nitrogens with one attached hydrogen (secondary N) is 2. The molecule has 0 atom stereocenters. The van der Waals surface area contributed by atoms with Crippen LogP contribution in [0.3, 0.4) is 0 Å². The molecule has 0 saturated heterocycles. The molecule has 26 heavy (non-hydrogen) atoms. The number of hydrogen-bond donors (Lipinski definition) is 3. The fraction of sp³-hybridized carbons (Fsp3) is 0.368. The first-order valence-corrected chi connectivity index (χ1v) is 10.0. The van der Waals surface area contributed by atoms with E-state index in [1.54, 1.807) is 13.2 Å².